The minimum absolute atomic E-state index is 0.239. The van der Waals surface area contributed by atoms with E-state index in [0.717, 1.165) is 12.0 Å². The van der Waals surface area contributed by atoms with Crippen LogP contribution in [0.5, 0.6) is 0 Å². The first-order valence-corrected chi connectivity index (χ1v) is 5.94. The van der Waals surface area contributed by atoms with Gasteiger partial charge in [0, 0.05) is 0 Å². The summed E-state index contributed by atoms with van der Waals surface area (Å²) in [5.41, 5.74) is 0.768. The van der Waals surface area contributed by atoms with Crippen molar-refractivity contribution < 1.29 is 4.79 Å². The molecule has 0 radical (unpaired) electrons. The number of anilines is 1. The molecule has 88 valence electrons. The van der Waals surface area contributed by atoms with Gasteiger partial charge in [0.2, 0.25) is 5.91 Å². The van der Waals surface area contributed by atoms with Gasteiger partial charge in [0.1, 0.15) is 5.41 Å². The molecule has 0 unspecified atom stereocenters. The van der Waals surface area contributed by atoms with Crippen LogP contribution in [0.3, 0.4) is 0 Å². The fourth-order valence-corrected chi connectivity index (χ4v) is 2.17. The van der Waals surface area contributed by atoms with Gasteiger partial charge in [-0.3, -0.25) is 4.79 Å². The predicted octanol–water partition coefficient (Wildman–Crippen LogP) is 3.28. The summed E-state index contributed by atoms with van der Waals surface area (Å²) >= 11 is 6.03. The average Bonchev–Trinajstić information content (AvgIpc) is 2.21. The number of hydrogen-bond acceptors (Lipinski definition) is 2. The van der Waals surface area contributed by atoms with Gasteiger partial charge in [0.05, 0.1) is 16.8 Å². The predicted molar refractivity (Wildman–Crippen MR) is 66.7 cm³/mol. The fraction of sp³-hybridized carbons (Fsp3) is 0.385. The van der Waals surface area contributed by atoms with Crippen LogP contribution in [0.2, 0.25) is 5.02 Å². The molecule has 1 N–H and O–H groups in total. The summed E-state index contributed by atoms with van der Waals surface area (Å²) in [6.45, 7) is 1.93. The molecule has 0 aliphatic heterocycles. The Morgan fingerprint density at radius 2 is 2.24 bits per heavy atom. The standard InChI is InChI=1S/C13H13ClN2O/c1-9-3-4-11(10(14)7-9)16-12(17)13(8-15)5-2-6-13/h3-4,7H,2,5-6H2,1H3,(H,16,17). The number of nitriles is 1. The molecule has 0 heterocycles. The van der Waals surface area contributed by atoms with Crippen LogP contribution in [0.1, 0.15) is 24.8 Å². The van der Waals surface area contributed by atoms with Gasteiger partial charge in [-0.1, -0.05) is 17.7 Å². The number of halogens is 1. The molecular weight excluding hydrogens is 236 g/mol. The number of amides is 1. The molecule has 1 saturated carbocycles. The first-order chi connectivity index (χ1) is 8.07. The second-order valence-corrected chi connectivity index (χ2v) is 4.89. The van der Waals surface area contributed by atoms with Gasteiger partial charge >= 0.3 is 0 Å². The summed E-state index contributed by atoms with van der Waals surface area (Å²) in [6, 6.07) is 7.54. The molecule has 0 saturated heterocycles. The van der Waals surface area contributed by atoms with Crippen LogP contribution in [0.25, 0.3) is 0 Å². The molecule has 17 heavy (non-hydrogen) atoms. The third-order valence-electron chi connectivity index (χ3n) is 3.23. The van der Waals surface area contributed by atoms with Gasteiger partial charge in [-0.2, -0.15) is 5.26 Å². The molecule has 1 fully saturated rings. The minimum atomic E-state index is -0.839. The maximum absolute atomic E-state index is 12.0. The second-order valence-electron chi connectivity index (χ2n) is 4.48. The number of carbonyl (C=O) groups is 1. The minimum Gasteiger partial charge on any atom is -0.323 e. The molecule has 0 spiro atoms. The zero-order chi connectivity index (χ0) is 12.5. The zero-order valence-corrected chi connectivity index (χ0v) is 10.3. The van der Waals surface area contributed by atoms with Crippen LogP contribution >= 0.6 is 11.6 Å². The molecule has 3 nitrogen and oxygen atoms in total. The summed E-state index contributed by atoms with van der Waals surface area (Å²) in [6.07, 6.45) is 2.21. The van der Waals surface area contributed by atoms with Gasteiger partial charge in [-0.15, -0.1) is 0 Å². The highest BCUT2D eigenvalue weighted by atomic mass is 35.5. The summed E-state index contributed by atoms with van der Waals surface area (Å²) in [7, 11) is 0. The van der Waals surface area contributed by atoms with Crippen LogP contribution < -0.4 is 5.32 Å². The molecule has 4 heteroatoms. The maximum Gasteiger partial charge on any atom is 0.244 e. The van der Waals surface area contributed by atoms with Crippen molar-refractivity contribution in [1.29, 1.82) is 5.26 Å². The monoisotopic (exact) mass is 248 g/mol. The van der Waals surface area contributed by atoms with Gasteiger partial charge in [-0.25, -0.2) is 0 Å². The molecule has 2 rings (SSSR count). The number of rotatable bonds is 2. The van der Waals surface area contributed by atoms with Crippen LogP contribution in [0, 0.1) is 23.7 Å². The first kappa shape index (κ1) is 11.9. The molecular formula is C13H13ClN2O. The van der Waals surface area contributed by atoms with Crippen molar-refractivity contribution in [3.63, 3.8) is 0 Å². The smallest absolute Gasteiger partial charge is 0.244 e. The Bertz CT molecular complexity index is 501. The van der Waals surface area contributed by atoms with E-state index in [1.807, 2.05) is 13.0 Å². The first-order valence-electron chi connectivity index (χ1n) is 5.56. The number of benzene rings is 1. The van der Waals surface area contributed by atoms with Crippen molar-refractivity contribution >= 4 is 23.2 Å². The highest BCUT2D eigenvalue weighted by Crippen LogP contribution is 2.41. The number of aryl methyl sites for hydroxylation is 1. The Morgan fingerprint density at radius 3 is 2.71 bits per heavy atom. The number of nitrogens with one attached hydrogen (secondary N) is 1. The van der Waals surface area contributed by atoms with E-state index in [2.05, 4.69) is 11.4 Å². The van der Waals surface area contributed by atoms with E-state index in [0.29, 0.717) is 23.6 Å². The largest absolute Gasteiger partial charge is 0.323 e. The third-order valence-corrected chi connectivity index (χ3v) is 3.54. The average molecular weight is 249 g/mol. The summed E-state index contributed by atoms with van der Waals surface area (Å²) in [5, 5.41) is 12.3. The van der Waals surface area contributed by atoms with E-state index >= 15 is 0 Å². The van der Waals surface area contributed by atoms with E-state index in [-0.39, 0.29) is 5.91 Å². The highest BCUT2D eigenvalue weighted by Gasteiger charge is 2.44. The Hall–Kier alpha value is -1.53. The van der Waals surface area contributed by atoms with Crippen LogP contribution in [0.4, 0.5) is 5.69 Å². The molecule has 1 aliphatic carbocycles. The van der Waals surface area contributed by atoms with Crippen molar-refractivity contribution in [2.24, 2.45) is 5.41 Å². The lowest BCUT2D eigenvalue weighted by Crippen LogP contribution is -2.40. The summed E-state index contributed by atoms with van der Waals surface area (Å²) in [4.78, 5) is 12.0. The van der Waals surface area contributed by atoms with Gasteiger partial charge < -0.3 is 5.32 Å². The lowest BCUT2D eigenvalue weighted by atomic mass is 9.69. The molecule has 1 amide bonds. The number of carbonyl (C=O) groups excluding carboxylic acids is 1. The normalized spacial score (nSPS) is 16.8. The lowest BCUT2D eigenvalue weighted by molar-refractivity contribution is -0.126. The fourth-order valence-electron chi connectivity index (χ4n) is 1.88. The van der Waals surface area contributed by atoms with Gasteiger partial charge in [0.15, 0.2) is 0 Å². The molecule has 0 atom stereocenters. The Morgan fingerprint density at radius 1 is 1.53 bits per heavy atom. The Kier molecular flexibility index (Phi) is 3.08. The topological polar surface area (TPSA) is 52.9 Å². The van der Waals surface area contributed by atoms with Crippen LogP contribution in [0.15, 0.2) is 18.2 Å². The van der Waals surface area contributed by atoms with Crippen molar-refractivity contribution in [2.45, 2.75) is 26.2 Å². The zero-order valence-electron chi connectivity index (χ0n) is 9.59. The number of nitrogens with zero attached hydrogens (tertiary/aromatic N) is 1. The second kappa shape index (κ2) is 4.38. The Balaban J connectivity index is 2.16. The van der Waals surface area contributed by atoms with E-state index in [1.54, 1.807) is 12.1 Å². The Labute approximate surface area is 105 Å². The summed E-state index contributed by atoms with van der Waals surface area (Å²) in [5.74, 6) is -0.239. The molecule has 1 aromatic carbocycles. The van der Waals surface area contributed by atoms with E-state index in [4.69, 9.17) is 16.9 Å². The molecule has 1 aliphatic rings. The summed E-state index contributed by atoms with van der Waals surface area (Å²) < 4.78 is 0. The lowest BCUT2D eigenvalue weighted by Gasteiger charge is -2.33. The number of hydrogen-bond donors (Lipinski definition) is 1. The molecule has 0 aromatic heterocycles. The van der Waals surface area contributed by atoms with Crippen molar-refractivity contribution in [2.75, 3.05) is 5.32 Å². The quantitative estimate of drug-likeness (QED) is 0.873. The van der Waals surface area contributed by atoms with Crippen molar-refractivity contribution in [1.82, 2.24) is 0 Å². The van der Waals surface area contributed by atoms with E-state index in [1.165, 1.54) is 0 Å². The van der Waals surface area contributed by atoms with Gasteiger partial charge in [0.25, 0.3) is 0 Å². The van der Waals surface area contributed by atoms with Gasteiger partial charge in [-0.05, 0) is 43.9 Å². The van der Waals surface area contributed by atoms with Crippen molar-refractivity contribution in [3.8, 4) is 6.07 Å². The van der Waals surface area contributed by atoms with Crippen LogP contribution in [-0.4, -0.2) is 5.91 Å². The molecule has 0 bridgehead atoms. The van der Waals surface area contributed by atoms with E-state index < -0.39 is 5.41 Å². The van der Waals surface area contributed by atoms with E-state index in [9.17, 15) is 4.79 Å². The van der Waals surface area contributed by atoms with Crippen LogP contribution in [-0.2, 0) is 4.79 Å². The van der Waals surface area contributed by atoms with Crippen molar-refractivity contribution in [3.05, 3.63) is 28.8 Å². The molecule has 1 aromatic rings. The maximum atomic E-state index is 12.0. The highest BCUT2D eigenvalue weighted by molar-refractivity contribution is 6.33. The SMILES string of the molecule is Cc1ccc(NC(=O)C2(C#N)CCC2)c(Cl)c1. The third kappa shape index (κ3) is 2.13.